The maximum Gasteiger partial charge on any atom is 0.241 e. The monoisotopic (exact) mass is 462 g/mol. The van der Waals surface area contributed by atoms with Crippen LogP contribution in [-0.4, -0.2) is 44.7 Å². The van der Waals surface area contributed by atoms with Crippen molar-refractivity contribution in [2.24, 2.45) is 4.99 Å². The van der Waals surface area contributed by atoms with E-state index in [1.54, 1.807) is 7.11 Å². The molecule has 0 saturated heterocycles. The van der Waals surface area contributed by atoms with E-state index in [1.807, 2.05) is 32.0 Å². The fraction of sp³-hybridized carbons (Fsp3) is 0.556. The van der Waals surface area contributed by atoms with Crippen LogP contribution in [0.1, 0.15) is 38.8 Å². The highest BCUT2D eigenvalue weighted by Crippen LogP contribution is 2.10. The van der Waals surface area contributed by atoms with Gasteiger partial charge in [0, 0.05) is 19.7 Å². The Kier molecular flexibility index (Phi) is 13.1. The second-order valence-electron chi connectivity index (χ2n) is 5.79. The van der Waals surface area contributed by atoms with E-state index in [9.17, 15) is 4.79 Å². The van der Waals surface area contributed by atoms with Crippen LogP contribution in [-0.2, 0) is 9.53 Å². The van der Waals surface area contributed by atoms with Crippen LogP contribution in [0.2, 0.25) is 0 Å². The average Bonchev–Trinajstić information content (AvgIpc) is 2.58. The minimum absolute atomic E-state index is 0. The van der Waals surface area contributed by atoms with Crippen LogP contribution in [0.5, 0.6) is 0 Å². The molecular formula is C18H31IN4O2. The zero-order chi connectivity index (χ0) is 17.8. The maximum absolute atomic E-state index is 11.8. The van der Waals surface area contributed by atoms with Crippen molar-refractivity contribution in [3.05, 3.63) is 35.9 Å². The maximum atomic E-state index is 11.8. The molecule has 0 aliphatic heterocycles. The third-order valence-electron chi connectivity index (χ3n) is 3.41. The van der Waals surface area contributed by atoms with E-state index in [2.05, 4.69) is 40.0 Å². The van der Waals surface area contributed by atoms with Crippen LogP contribution < -0.4 is 16.0 Å². The van der Waals surface area contributed by atoms with Crippen LogP contribution >= 0.6 is 24.0 Å². The van der Waals surface area contributed by atoms with Gasteiger partial charge < -0.3 is 20.7 Å². The quantitative estimate of drug-likeness (QED) is 0.300. The second kappa shape index (κ2) is 13.9. The van der Waals surface area contributed by atoms with Gasteiger partial charge >= 0.3 is 0 Å². The van der Waals surface area contributed by atoms with E-state index in [0.29, 0.717) is 19.1 Å². The fourth-order valence-corrected chi connectivity index (χ4v) is 2.16. The van der Waals surface area contributed by atoms with E-state index in [1.165, 1.54) is 0 Å². The number of hydrogen-bond acceptors (Lipinski definition) is 3. The molecule has 0 aromatic heterocycles. The second-order valence-corrected chi connectivity index (χ2v) is 5.79. The van der Waals surface area contributed by atoms with E-state index >= 15 is 0 Å². The highest BCUT2D eigenvalue weighted by Gasteiger charge is 2.11. The van der Waals surface area contributed by atoms with Crippen molar-refractivity contribution in [3.63, 3.8) is 0 Å². The molecule has 1 rings (SSSR count). The zero-order valence-corrected chi connectivity index (χ0v) is 17.9. The number of halogens is 1. The number of methoxy groups -OCH3 is 1. The van der Waals surface area contributed by atoms with Crippen molar-refractivity contribution in [1.82, 2.24) is 16.0 Å². The Hall–Kier alpha value is -1.35. The molecule has 2 atom stereocenters. The third kappa shape index (κ3) is 10.3. The van der Waals surface area contributed by atoms with Crippen molar-refractivity contribution in [2.45, 2.75) is 39.3 Å². The summed E-state index contributed by atoms with van der Waals surface area (Å²) in [5.41, 5.74) is 1.15. The summed E-state index contributed by atoms with van der Waals surface area (Å²) >= 11 is 0. The van der Waals surface area contributed by atoms with Crippen molar-refractivity contribution in [2.75, 3.05) is 26.8 Å². The number of aliphatic imine (C=N–C) groups is 1. The van der Waals surface area contributed by atoms with E-state index in [-0.39, 0.29) is 48.5 Å². The Morgan fingerprint density at radius 2 is 1.88 bits per heavy atom. The van der Waals surface area contributed by atoms with Gasteiger partial charge in [-0.1, -0.05) is 37.3 Å². The average molecular weight is 462 g/mol. The van der Waals surface area contributed by atoms with Crippen LogP contribution in [0.4, 0.5) is 0 Å². The lowest BCUT2D eigenvalue weighted by atomic mass is 10.1. The molecule has 25 heavy (non-hydrogen) atoms. The number of nitrogens with zero attached hydrogens (tertiary/aromatic N) is 1. The number of benzene rings is 1. The third-order valence-corrected chi connectivity index (χ3v) is 3.41. The van der Waals surface area contributed by atoms with E-state index < -0.39 is 0 Å². The van der Waals surface area contributed by atoms with Crippen LogP contribution in [0.3, 0.4) is 0 Å². The molecule has 3 N–H and O–H groups in total. The molecule has 1 amide bonds. The van der Waals surface area contributed by atoms with Gasteiger partial charge in [0.25, 0.3) is 0 Å². The molecule has 6 nitrogen and oxygen atoms in total. The largest absolute Gasteiger partial charge is 0.383 e. The molecule has 0 heterocycles. The molecule has 0 spiro atoms. The van der Waals surface area contributed by atoms with Crippen molar-refractivity contribution in [1.29, 1.82) is 0 Å². The van der Waals surface area contributed by atoms with Gasteiger partial charge in [0.1, 0.15) is 6.54 Å². The van der Waals surface area contributed by atoms with Gasteiger partial charge in [-0.15, -0.1) is 24.0 Å². The Balaban J connectivity index is 0.00000576. The summed E-state index contributed by atoms with van der Waals surface area (Å²) in [5.74, 6) is 0.521. The molecule has 1 aromatic rings. The SMILES string of the molecule is CCCNC(=O)CN=C(NC(C)COC)NC(C)c1ccccc1.I. The van der Waals surface area contributed by atoms with E-state index in [0.717, 1.165) is 12.0 Å². The first kappa shape index (κ1) is 23.6. The first-order chi connectivity index (χ1) is 11.6. The van der Waals surface area contributed by atoms with Gasteiger partial charge in [-0.3, -0.25) is 4.79 Å². The summed E-state index contributed by atoms with van der Waals surface area (Å²) in [7, 11) is 1.66. The van der Waals surface area contributed by atoms with Gasteiger partial charge in [0.05, 0.1) is 12.6 Å². The van der Waals surface area contributed by atoms with Crippen LogP contribution in [0, 0.1) is 0 Å². The number of rotatable bonds is 9. The van der Waals surface area contributed by atoms with E-state index in [4.69, 9.17) is 4.74 Å². The van der Waals surface area contributed by atoms with Gasteiger partial charge in [0.2, 0.25) is 5.91 Å². The lowest BCUT2D eigenvalue weighted by molar-refractivity contribution is -0.119. The van der Waals surface area contributed by atoms with Crippen molar-refractivity contribution >= 4 is 35.8 Å². The molecule has 0 saturated carbocycles. The van der Waals surface area contributed by atoms with Gasteiger partial charge in [0.15, 0.2) is 5.96 Å². The molecule has 142 valence electrons. The normalized spacial score (nSPS) is 13.4. The minimum Gasteiger partial charge on any atom is -0.383 e. The molecule has 0 bridgehead atoms. The molecule has 0 aliphatic rings. The molecule has 0 fully saturated rings. The number of carbonyl (C=O) groups excluding carboxylic acids is 1. The Labute approximate surface area is 168 Å². The summed E-state index contributed by atoms with van der Waals surface area (Å²) < 4.78 is 5.15. The van der Waals surface area contributed by atoms with Crippen molar-refractivity contribution in [3.8, 4) is 0 Å². The first-order valence-electron chi connectivity index (χ1n) is 8.44. The highest BCUT2D eigenvalue weighted by molar-refractivity contribution is 14.0. The predicted octanol–water partition coefficient (Wildman–Crippen LogP) is 2.46. The number of carbonyl (C=O) groups is 1. The molecule has 0 radical (unpaired) electrons. The smallest absolute Gasteiger partial charge is 0.241 e. The molecule has 2 unspecified atom stereocenters. The van der Waals surface area contributed by atoms with Crippen LogP contribution in [0.25, 0.3) is 0 Å². The fourth-order valence-electron chi connectivity index (χ4n) is 2.16. The summed E-state index contributed by atoms with van der Waals surface area (Å²) in [6.07, 6.45) is 0.911. The number of guanidine groups is 1. The van der Waals surface area contributed by atoms with Crippen LogP contribution in [0.15, 0.2) is 35.3 Å². The highest BCUT2D eigenvalue weighted by atomic mass is 127. The Bertz CT molecular complexity index is 511. The Morgan fingerprint density at radius 1 is 1.20 bits per heavy atom. The summed E-state index contributed by atoms with van der Waals surface area (Å²) in [6, 6.07) is 10.3. The molecule has 7 heteroatoms. The molecular weight excluding hydrogens is 431 g/mol. The summed E-state index contributed by atoms with van der Waals surface area (Å²) in [4.78, 5) is 16.2. The summed E-state index contributed by atoms with van der Waals surface area (Å²) in [6.45, 7) is 7.41. The summed E-state index contributed by atoms with van der Waals surface area (Å²) in [5, 5.41) is 9.43. The predicted molar refractivity (Wildman–Crippen MR) is 113 cm³/mol. The minimum atomic E-state index is -0.0790. The van der Waals surface area contributed by atoms with Crippen molar-refractivity contribution < 1.29 is 9.53 Å². The number of nitrogens with one attached hydrogen (secondary N) is 3. The number of hydrogen-bond donors (Lipinski definition) is 3. The number of amides is 1. The topological polar surface area (TPSA) is 74.8 Å². The molecule has 0 aliphatic carbocycles. The van der Waals surface area contributed by atoms with Gasteiger partial charge in [-0.05, 0) is 25.8 Å². The first-order valence-corrected chi connectivity index (χ1v) is 8.44. The van der Waals surface area contributed by atoms with Gasteiger partial charge in [-0.25, -0.2) is 4.99 Å². The number of ether oxygens (including phenoxy) is 1. The lowest BCUT2D eigenvalue weighted by Gasteiger charge is -2.21. The van der Waals surface area contributed by atoms with Gasteiger partial charge in [-0.2, -0.15) is 0 Å². The Morgan fingerprint density at radius 3 is 2.48 bits per heavy atom. The lowest BCUT2D eigenvalue weighted by Crippen LogP contribution is -2.45. The zero-order valence-electron chi connectivity index (χ0n) is 15.5. The molecule has 1 aromatic carbocycles. The standard InChI is InChI=1S/C18H30N4O2.HI/c1-5-11-19-17(23)12-20-18(21-14(2)13-24-4)22-15(3)16-9-7-6-8-10-16;/h6-10,14-15H,5,11-13H2,1-4H3,(H,19,23)(H2,20,21,22);1H.